The van der Waals surface area contributed by atoms with Crippen molar-refractivity contribution in [3.8, 4) is 0 Å². The summed E-state index contributed by atoms with van der Waals surface area (Å²) in [7, 11) is 3.48. The number of benzene rings is 1. The molecule has 0 radical (unpaired) electrons. The molecule has 0 bridgehead atoms. The highest BCUT2D eigenvalue weighted by Crippen LogP contribution is 2.03. The maximum atomic E-state index is 11.3. The minimum absolute atomic E-state index is 0.103. The quantitative estimate of drug-likeness (QED) is 0.714. The molecule has 0 atom stereocenters. The van der Waals surface area contributed by atoms with Gasteiger partial charge in [-0.15, -0.1) is 0 Å². The second-order valence-electron chi connectivity index (χ2n) is 4.28. The summed E-state index contributed by atoms with van der Waals surface area (Å²) >= 11 is 0. The Balaban J connectivity index is 2.31. The summed E-state index contributed by atoms with van der Waals surface area (Å²) in [4.78, 5) is 23.8. The van der Waals surface area contributed by atoms with Crippen LogP contribution in [0, 0.1) is 0 Å². The number of nitrogens with two attached hydrogens (primary N) is 1. The number of amides is 2. The lowest BCUT2D eigenvalue weighted by atomic mass is 10.1. The number of nitrogens with one attached hydrogen (secondary N) is 1. The van der Waals surface area contributed by atoms with Crippen molar-refractivity contribution in [1.29, 1.82) is 0 Å². The van der Waals surface area contributed by atoms with Gasteiger partial charge in [0.25, 0.3) is 0 Å². The average molecular weight is 249 g/mol. The Hall–Kier alpha value is -1.88. The number of hydrogen-bond acceptors (Lipinski definition) is 3. The Morgan fingerprint density at radius 1 is 1.22 bits per heavy atom. The van der Waals surface area contributed by atoms with Crippen molar-refractivity contribution < 1.29 is 9.59 Å². The van der Waals surface area contributed by atoms with Crippen LogP contribution in [0.15, 0.2) is 24.3 Å². The summed E-state index contributed by atoms with van der Waals surface area (Å²) in [6, 6.07) is 7.09. The predicted octanol–water partition coefficient (Wildman–Crippen LogP) is 0.353. The van der Waals surface area contributed by atoms with E-state index < -0.39 is 5.91 Å². The molecule has 5 heteroatoms. The zero-order valence-electron chi connectivity index (χ0n) is 10.8. The maximum Gasteiger partial charge on any atom is 0.248 e. The van der Waals surface area contributed by atoms with E-state index in [0.717, 1.165) is 5.56 Å². The average Bonchev–Trinajstić information content (AvgIpc) is 2.34. The summed E-state index contributed by atoms with van der Waals surface area (Å²) < 4.78 is 0. The van der Waals surface area contributed by atoms with E-state index in [1.165, 1.54) is 0 Å². The minimum atomic E-state index is -0.425. The van der Waals surface area contributed by atoms with Crippen LogP contribution in [0.2, 0.25) is 0 Å². The van der Waals surface area contributed by atoms with Crippen LogP contribution >= 0.6 is 0 Å². The molecular weight excluding hydrogens is 230 g/mol. The van der Waals surface area contributed by atoms with E-state index in [-0.39, 0.29) is 5.91 Å². The Bertz CT molecular complexity index is 413. The van der Waals surface area contributed by atoms with Gasteiger partial charge in [-0.1, -0.05) is 12.1 Å². The molecular formula is C13H19N3O2. The second kappa shape index (κ2) is 6.76. The molecule has 1 aromatic rings. The SMILES string of the molecule is CN(C)C(=O)CCNCc1ccc(C(N)=O)cc1. The molecule has 0 fully saturated rings. The summed E-state index contributed by atoms with van der Waals surface area (Å²) in [5.74, 6) is -0.322. The lowest BCUT2D eigenvalue weighted by Crippen LogP contribution is -2.26. The number of hydrogen-bond donors (Lipinski definition) is 2. The molecule has 1 aromatic carbocycles. The largest absolute Gasteiger partial charge is 0.366 e. The summed E-state index contributed by atoms with van der Waals surface area (Å²) in [5.41, 5.74) is 6.70. The van der Waals surface area contributed by atoms with Gasteiger partial charge in [0, 0.05) is 39.2 Å². The van der Waals surface area contributed by atoms with Crippen molar-refractivity contribution in [3.05, 3.63) is 35.4 Å². The fourth-order valence-electron chi connectivity index (χ4n) is 1.44. The van der Waals surface area contributed by atoms with Crippen molar-refractivity contribution in [3.63, 3.8) is 0 Å². The molecule has 0 aliphatic carbocycles. The van der Waals surface area contributed by atoms with Crippen LogP contribution in [-0.2, 0) is 11.3 Å². The summed E-state index contributed by atoms with van der Waals surface area (Å²) in [5, 5.41) is 3.17. The van der Waals surface area contributed by atoms with Gasteiger partial charge in [0.15, 0.2) is 0 Å². The zero-order chi connectivity index (χ0) is 13.5. The van der Waals surface area contributed by atoms with Gasteiger partial charge in [-0.25, -0.2) is 0 Å². The van der Waals surface area contributed by atoms with Gasteiger partial charge >= 0.3 is 0 Å². The fourth-order valence-corrected chi connectivity index (χ4v) is 1.44. The number of rotatable bonds is 6. The predicted molar refractivity (Wildman–Crippen MR) is 70.0 cm³/mol. The lowest BCUT2D eigenvalue weighted by molar-refractivity contribution is -0.128. The molecule has 2 amide bonds. The molecule has 0 aromatic heterocycles. The van der Waals surface area contributed by atoms with Crippen molar-refractivity contribution in [2.75, 3.05) is 20.6 Å². The van der Waals surface area contributed by atoms with Gasteiger partial charge < -0.3 is 16.0 Å². The normalized spacial score (nSPS) is 10.1. The molecule has 18 heavy (non-hydrogen) atoms. The standard InChI is InChI=1S/C13H19N3O2/c1-16(2)12(17)7-8-15-9-10-3-5-11(6-4-10)13(14)18/h3-6,15H,7-9H2,1-2H3,(H2,14,18). The van der Waals surface area contributed by atoms with Crippen LogP contribution in [0.3, 0.4) is 0 Å². The van der Waals surface area contributed by atoms with Crippen molar-refractivity contribution in [2.45, 2.75) is 13.0 Å². The van der Waals surface area contributed by atoms with E-state index in [1.807, 2.05) is 12.1 Å². The van der Waals surface area contributed by atoms with E-state index in [1.54, 1.807) is 31.1 Å². The Morgan fingerprint density at radius 3 is 2.33 bits per heavy atom. The molecule has 0 spiro atoms. The van der Waals surface area contributed by atoms with Crippen LogP contribution in [0.4, 0.5) is 0 Å². The molecule has 5 nitrogen and oxygen atoms in total. The fraction of sp³-hybridized carbons (Fsp3) is 0.385. The second-order valence-corrected chi connectivity index (χ2v) is 4.28. The molecule has 1 rings (SSSR count). The summed E-state index contributed by atoms with van der Waals surface area (Å²) in [6.45, 7) is 1.30. The van der Waals surface area contributed by atoms with Crippen LogP contribution in [0.1, 0.15) is 22.3 Å². The Labute approximate surface area is 107 Å². The molecule has 0 heterocycles. The topological polar surface area (TPSA) is 75.4 Å². The first-order valence-corrected chi connectivity index (χ1v) is 5.80. The number of primary amides is 1. The van der Waals surface area contributed by atoms with Gasteiger partial charge in [0.05, 0.1) is 0 Å². The third kappa shape index (κ3) is 4.55. The van der Waals surface area contributed by atoms with Gasteiger partial charge in [0.1, 0.15) is 0 Å². The first-order valence-electron chi connectivity index (χ1n) is 5.80. The van der Waals surface area contributed by atoms with Crippen molar-refractivity contribution in [2.24, 2.45) is 5.73 Å². The zero-order valence-corrected chi connectivity index (χ0v) is 10.8. The van der Waals surface area contributed by atoms with Gasteiger partial charge in [0.2, 0.25) is 11.8 Å². The third-order valence-corrected chi connectivity index (χ3v) is 2.58. The third-order valence-electron chi connectivity index (χ3n) is 2.58. The first kappa shape index (κ1) is 14.2. The van der Waals surface area contributed by atoms with Gasteiger partial charge in [-0.05, 0) is 17.7 Å². The molecule has 0 unspecified atom stereocenters. The first-order chi connectivity index (χ1) is 8.50. The van der Waals surface area contributed by atoms with Gasteiger partial charge in [-0.3, -0.25) is 9.59 Å². The van der Waals surface area contributed by atoms with E-state index in [2.05, 4.69) is 5.32 Å². The van der Waals surface area contributed by atoms with Crippen LogP contribution < -0.4 is 11.1 Å². The molecule has 0 saturated carbocycles. The Morgan fingerprint density at radius 2 is 1.83 bits per heavy atom. The minimum Gasteiger partial charge on any atom is -0.366 e. The smallest absolute Gasteiger partial charge is 0.248 e. The van der Waals surface area contributed by atoms with Crippen molar-refractivity contribution in [1.82, 2.24) is 10.2 Å². The number of carbonyl (C=O) groups is 2. The molecule has 0 saturated heterocycles. The van der Waals surface area contributed by atoms with Crippen molar-refractivity contribution >= 4 is 11.8 Å². The summed E-state index contributed by atoms with van der Waals surface area (Å²) in [6.07, 6.45) is 0.479. The molecule has 3 N–H and O–H groups in total. The van der Waals surface area contributed by atoms with E-state index in [9.17, 15) is 9.59 Å². The highest BCUT2D eigenvalue weighted by Gasteiger charge is 2.03. The molecule has 0 aliphatic rings. The van der Waals surface area contributed by atoms with E-state index in [0.29, 0.717) is 25.1 Å². The number of nitrogens with zero attached hydrogens (tertiary/aromatic N) is 1. The highest BCUT2D eigenvalue weighted by molar-refractivity contribution is 5.92. The molecule has 0 aliphatic heterocycles. The highest BCUT2D eigenvalue weighted by atomic mass is 16.2. The van der Waals surface area contributed by atoms with Crippen LogP contribution in [-0.4, -0.2) is 37.4 Å². The number of carbonyl (C=O) groups excluding carboxylic acids is 2. The maximum absolute atomic E-state index is 11.3. The molecule has 98 valence electrons. The van der Waals surface area contributed by atoms with Crippen LogP contribution in [0.5, 0.6) is 0 Å². The van der Waals surface area contributed by atoms with E-state index >= 15 is 0 Å². The Kier molecular flexibility index (Phi) is 5.32. The van der Waals surface area contributed by atoms with Gasteiger partial charge in [-0.2, -0.15) is 0 Å². The lowest BCUT2D eigenvalue weighted by Gasteiger charge is -2.10. The monoisotopic (exact) mass is 249 g/mol. The van der Waals surface area contributed by atoms with Crippen LogP contribution in [0.25, 0.3) is 0 Å². The van der Waals surface area contributed by atoms with E-state index in [4.69, 9.17) is 5.73 Å².